The second kappa shape index (κ2) is 25.0. The molecule has 0 spiro atoms. The molecule has 0 fully saturated rings. The molecule has 0 radical (unpaired) electrons. The van der Waals surface area contributed by atoms with Crippen LogP contribution in [0.15, 0.2) is 0 Å². The third-order valence-corrected chi connectivity index (χ3v) is 17.1. The molecule has 0 unspecified atom stereocenters. The second-order valence-electron chi connectivity index (χ2n) is 8.79. The second-order valence-corrected chi connectivity index (χ2v) is 19.4. The molecule has 0 saturated carbocycles. The molecule has 0 aliphatic heterocycles. The van der Waals surface area contributed by atoms with Crippen LogP contribution in [0.25, 0.3) is 0 Å². The molecule has 0 bridgehead atoms. The molecule has 0 aliphatic carbocycles. The minimum atomic E-state index is -0.456. The van der Waals surface area contributed by atoms with Gasteiger partial charge in [0, 0.05) is 26.4 Å². The summed E-state index contributed by atoms with van der Waals surface area (Å²) in [4.78, 5) is 0. The summed E-state index contributed by atoms with van der Waals surface area (Å²) in [6, 6.07) is 2.59. The molecule has 0 aromatic carbocycles. The van der Waals surface area contributed by atoms with Gasteiger partial charge in [0.25, 0.3) is 0 Å². The summed E-state index contributed by atoms with van der Waals surface area (Å²) in [5.41, 5.74) is -0.620. The highest BCUT2D eigenvalue weighted by Crippen LogP contribution is 2.46. The smallest absolute Gasteiger partial charge is 0.154 e. The monoisotopic (exact) mass is 590 g/mol. The molecule has 0 heterocycles. The summed E-state index contributed by atoms with van der Waals surface area (Å²) in [7, 11) is 6.62. The fourth-order valence-electron chi connectivity index (χ4n) is 3.39. The van der Waals surface area contributed by atoms with Crippen LogP contribution in [-0.4, -0.2) is 67.8 Å². The largest absolute Gasteiger partial charge is 0.354 e. The van der Waals surface area contributed by atoms with Crippen LogP contribution in [0.3, 0.4) is 0 Å². The molecule has 34 heavy (non-hydrogen) atoms. The first kappa shape index (κ1) is 35.7. The average molecular weight is 591 g/mol. The highest BCUT2D eigenvalue weighted by Gasteiger charge is 2.33. The average Bonchev–Trinajstić information content (AvgIpc) is 2.85. The fourth-order valence-corrected chi connectivity index (χ4v) is 15.9. The Morgan fingerprint density at radius 3 is 1.09 bits per heavy atom. The van der Waals surface area contributed by atoms with E-state index < -0.39 is 19.0 Å². The quantitative estimate of drug-likeness (QED) is 0.0422. The maximum absolute atomic E-state index is 6.39. The number of ether oxygens (including phenoxy) is 4. The van der Waals surface area contributed by atoms with Gasteiger partial charge < -0.3 is 18.9 Å². The van der Waals surface area contributed by atoms with Crippen molar-refractivity contribution in [2.24, 2.45) is 0 Å². The summed E-state index contributed by atoms with van der Waals surface area (Å²) in [6.07, 6.45) is 9.26. The van der Waals surface area contributed by atoms with E-state index in [2.05, 4.69) is 41.5 Å². The SMILES string of the molecule is CCCC[SiH2]C(CSSSSCC(OCCC)(OCCC)[SiH2]CCCC)(OCCC)OCCC. The Labute approximate surface area is 231 Å². The Bertz CT molecular complexity index is 386. The summed E-state index contributed by atoms with van der Waals surface area (Å²) in [6.45, 7) is 16.5. The lowest BCUT2D eigenvalue weighted by Crippen LogP contribution is -2.45. The summed E-state index contributed by atoms with van der Waals surface area (Å²) in [5, 5.41) is 0. The van der Waals surface area contributed by atoms with Gasteiger partial charge in [-0.15, -0.1) is 0 Å². The lowest BCUT2D eigenvalue weighted by atomic mass is 10.4. The standard InChI is InChI=1S/C24H54O4S4Si2/c1-7-13-19-33-23(25-15-9-3,26-16-10-4)21-29-31-32-30-22-24(27-17-11-5,28-18-12-6)34-20-14-8-2/h7-22,33-34H2,1-6H3. The number of rotatable bonds is 27. The predicted octanol–water partition coefficient (Wildman–Crippen LogP) is 7.45. The molecule has 0 N–H and O–H groups in total. The topological polar surface area (TPSA) is 36.9 Å². The van der Waals surface area contributed by atoms with Crippen LogP contribution in [0, 0.1) is 0 Å². The van der Waals surface area contributed by atoms with Gasteiger partial charge in [-0.3, -0.25) is 0 Å². The van der Waals surface area contributed by atoms with Crippen molar-refractivity contribution in [3.8, 4) is 0 Å². The van der Waals surface area contributed by atoms with E-state index in [0.717, 1.165) is 63.6 Å². The van der Waals surface area contributed by atoms with E-state index in [4.69, 9.17) is 18.9 Å². The molecule has 10 heteroatoms. The van der Waals surface area contributed by atoms with Gasteiger partial charge in [0.1, 0.15) is 0 Å². The fraction of sp³-hybridized carbons (Fsp3) is 1.00. The Kier molecular flexibility index (Phi) is 26.2. The molecule has 206 valence electrons. The zero-order valence-corrected chi connectivity index (χ0v) is 29.1. The zero-order valence-electron chi connectivity index (χ0n) is 23.0. The maximum atomic E-state index is 6.39. The molecular weight excluding hydrogens is 537 g/mol. The number of hydrogen-bond donors (Lipinski definition) is 0. The summed E-state index contributed by atoms with van der Waals surface area (Å²) < 4.78 is 25.5. The molecule has 0 aromatic heterocycles. The molecule has 0 atom stereocenters. The predicted molar refractivity (Wildman–Crippen MR) is 167 cm³/mol. The van der Waals surface area contributed by atoms with Crippen LogP contribution in [0.4, 0.5) is 0 Å². The van der Waals surface area contributed by atoms with Crippen molar-refractivity contribution >= 4 is 60.3 Å². The van der Waals surface area contributed by atoms with Crippen molar-refractivity contribution in [2.75, 3.05) is 37.9 Å². The van der Waals surface area contributed by atoms with Crippen LogP contribution in [0.5, 0.6) is 0 Å². The molecule has 0 amide bonds. The van der Waals surface area contributed by atoms with Crippen molar-refractivity contribution in [3.63, 3.8) is 0 Å². The van der Waals surface area contributed by atoms with Gasteiger partial charge in [-0.05, 0) is 45.3 Å². The van der Waals surface area contributed by atoms with E-state index in [1.165, 1.54) is 37.8 Å². The highest BCUT2D eigenvalue weighted by atomic mass is 33.7. The first-order chi connectivity index (χ1) is 16.6. The van der Waals surface area contributed by atoms with Crippen LogP contribution in [-0.2, 0) is 18.9 Å². The van der Waals surface area contributed by atoms with E-state index in [0.29, 0.717) is 0 Å². The minimum Gasteiger partial charge on any atom is -0.354 e. The number of unbranched alkanes of at least 4 members (excludes halogenated alkanes) is 2. The van der Waals surface area contributed by atoms with Gasteiger partial charge in [-0.25, -0.2) is 0 Å². The first-order valence-corrected chi connectivity index (χ1v) is 22.3. The zero-order chi connectivity index (χ0) is 25.4. The first-order valence-electron chi connectivity index (χ1n) is 13.7. The van der Waals surface area contributed by atoms with E-state index in [9.17, 15) is 0 Å². The van der Waals surface area contributed by atoms with Gasteiger partial charge in [0.2, 0.25) is 0 Å². The van der Waals surface area contributed by atoms with Gasteiger partial charge in [-0.2, -0.15) is 0 Å². The Hall–Kier alpha value is 1.67. The third kappa shape index (κ3) is 18.0. The lowest BCUT2D eigenvalue weighted by Gasteiger charge is -2.34. The van der Waals surface area contributed by atoms with Crippen molar-refractivity contribution in [1.29, 1.82) is 0 Å². The Morgan fingerprint density at radius 2 is 0.824 bits per heavy atom. The van der Waals surface area contributed by atoms with E-state index >= 15 is 0 Å². The molecule has 0 aliphatic rings. The Morgan fingerprint density at radius 1 is 0.500 bits per heavy atom. The maximum Gasteiger partial charge on any atom is 0.154 e. The molecular formula is C24H54O4S4Si2. The highest BCUT2D eigenvalue weighted by molar-refractivity contribution is 9.26. The lowest BCUT2D eigenvalue weighted by molar-refractivity contribution is -0.165. The van der Waals surface area contributed by atoms with Gasteiger partial charge in [-0.1, -0.05) is 101 Å². The van der Waals surface area contributed by atoms with Crippen molar-refractivity contribution in [3.05, 3.63) is 0 Å². The molecule has 4 nitrogen and oxygen atoms in total. The molecule has 0 aromatic rings. The molecule has 0 rings (SSSR count). The van der Waals surface area contributed by atoms with Crippen molar-refractivity contribution in [2.45, 2.75) is 116 Å². The van der Waals surface area contributed by atoms with Gasteiger partial charge in [0.05, 0.1) is 30.5 Å². The minimum absolute atomic E-state index is 0.310. The Balaban J connectivity index is 4.81. The summed E-state index contributed by atoms with van der Waals surface area (Å²) in [5.74, 6) is 1.85. The van der Waals surface area contributed by atoms with Crippen LogP contribution >= 0.6 is 41.2 Å². The van der Waals surface area contributed by atoms with Crippen LogP contribution in [0.1, 0.15) is 92.9 Å². The van der Waals surface area contributed by atoms with Crippen LogP contribution < -0.4 is 0 Å². The third-order valence-electron chi connectivity index (χ3n) is 5.28. The van der Waals surface area contributed by atoms with E-state index in [-0.39, 0.29) is 10.8 Å². The number of hydrogen-bond acceptors (Lipinski definition) is 8. The van der Waals surface area contributed by atoms with Crippen LogP contribution in [0.2, 0.25) is 12.1 Å². The van der Waals surface area contributed by atoms with E-state index in [1.54, 1.807) is 0 Å². The summed E-state index contributed by atoms with van der Waals surface area (Å²) >= 11 is 0. The van der Waals surface area contributed by atoms with Gasteiger partial charge in [0.15, 0.2) is 10.8 Å². The van der Waals surface area contributed by atoms with Crippen molar-refractivity contribution in [1.82, 2.24) is 0 Å². The van der Waals surface area contributed by atoms with Crippen molar-refractivity contribution < 1.29 is 18.9 Å². The normalized spacial score (nSPS) is 13.2. The molecule has 0 saturated heterocycles. The van der Waals surface area contributed by atoms with Gasteiger partial charge >= 0.3 is 0 Å². The van der Waals surface area contributed by atoms with E-state index in [1.807, 2.05) is 41.2 Å².